The first kappa shape index (κ1) is 35.0. The second kappa shape index (κ2) is 14.2. The lowest BCUT2D eigenvalue weighted by Crippen LogP contribution is -2.18. The molecule has 52 heavy (non-hydrogen) atoms. The summed E-state index contributed by atoms with van der Waals surface area (Å²) >= 11 is 0. The van der Waals surface area contributed by atoms with Crippen LogP contribution in [0.1, 0.15) is 45.0 Å². The van der Waals surface area contributed by atoms with E-state index in [9.17, 15) is 24.3 Å². The van der Waals surface area contributed by atoms with Gasteiger partial charge in [0, 0.05) is 45.6 Å². The first-order chi connectivity index (χ1) is 24.9. The van der Waals surface area contributed by atoms with E-state index in [1.165, 1.54) is 7.11 Å². The maximum absolute atomic E-state index is 13.5. The van der Waals surface area contributed by atoms with Crippen molar-refractivity contribution >= 4 is 63.0 Å². The molecule has 0 aliphatic carbocycles. The summed E-state index contributed by atoms with van der Waals surface area (Å²) < 4.78 is 10.6. The summed E-state index contributed by atoms with van der Waals surface area (Å²) in [7, 11) is 3.08. The lowest BCUT2D eigenvalue weighted by Gasteiger charge is -2.14. The van der Waals surface area contributed by atoms with Gasteiger partial charge in [0.2, 0.25) is 0 Å². The van der Waals surface area contributed by atoms with Gasteiger partial charge in [-0.25, -0.2) is 4.79 Å². The number of carboxylic acid groups (broad SMARTS) is 1. The van der Waals surface area contributed by atoms with Crippen LogP contribution in [-0.4, -0.2) is 53.0 Å². The molecule has 7 rings (SSSR count). The molecule has 2 aliphatic rings. The highest BCUT2D eigenvalue weighted by molar-refractivity contribution is 6.47. The lowest BCUT2D eigenvalue weighted by molar-refractivity contribution is -0.130. The Balaban J connectivity index is 0.000000192. The number of aryl methyl sites for hydroxylation is 4. The van der Waals surface area contributed by atoms with Crippen molar-refractivity contribution in [2.24, 2.45) is 0 Å². The minimum atomic E-state index is -1.12. The number of carbonyl (C=O) groups excluding carboxylic acids is 3. The Morgan fingerprint density at radius 1 is 0.635 bits per heavy atom. The molecular weight excluding hydrogens is 662 g/mol. The van der Waals surface area contributed by atoms with Gasteiger partial charge in [-0.3, -0.25) is 14.4 Å². The summed E-state index contributed by atoms with van der Waals surface area (Å²) in [5.41, 5.74) is 8.47. The van der Waals surface area contributed by atoms with Crippen LogP contribution in [0.2, 0.25) is 0 Å². The van der Waals surface area contributed by atoms with E-state index in [2.05, 4.69) is 25.9 Å². The number of fused-ring (bicyclic) bond motifs is 2. The van der Waals surface area contributed by atoms with Crippen molar-refractivity contribution in [2.45, 2.75) is 27.7 Å². The van der Waals surface area contributed by atoms with Gasteiger partial charge >= 0.3 is 5.97 Å². The van der Waals surface area contributed by atoms with Gasteiger partial charge < -0.3 is 40.5 Å². The van der Waals surface area contributed by atoms with E-state index in [0.29, 0.717) is 56.6 Å². The molecule has 2 aliphatic heterocycles. The van der Waals surface area contributed by atoms with Gasteiger partial charge in [-0.05, 0) is 75.2 Å². The normalized spacial score (nSPS) is 14.7. The molecule has 0 bridgehead atoms. The molecule has 3 aromatic carbocycles. The summed E-state index contributed by atoms with van der Waals surface area (Å²) in [4.78, 5) is 56.7. The monoisotopic (exact) mass is 699 g/mol. The largest absolute Gasteiger partial charge is 0.493 e. The van der Waals surface area contributed by atoms with E-state index in [4.69, 9.17) is 9.47 Å². The van der Waals surface area contributed by atoms with E-state index in [0.717, 1.165) is 22.5 Å². The Morgan fingerprint density at radius 3 is 1.58 bits per heavy atom. The van der Waals surface area contributed by atoms with Gasteiger partial charge in [0.15, 0.2) is 11.5 Å². The number of ether oxygens (including phenoxy) is 2. The van der Waals surface area contributed by atoms with Crippen LogP contribution >= 0.6 is 0 Å². The summed E-state index contributed by atoms with van der Waals surface area (Å²) in [6, 6.07) is 23.3. The number of methoxy groups -OCH3 is 2. The third-order valence-electron chi connectivity index (χ3n) is 8.72. The Kier molecular flexibility index (Phi) is 9.56. The predicted octanol–water partition coefficient (Wildman–Crippen LogP) is 6.73. The fourth-order valence-corrected chi connectivity index (χ4v) is 6.51. The second-order valence-corrected chi connectivity index (χ2v) is 12.3. The van der Waals surface area contributed by atoms with E-state index in [-0.39, 0.29) is 28.5 Å². The molecule has 4 heterocycles. The first-order valence-corrected chi connectivity index (χ1v) is 16.3. The zero-order chi connectivity index (χ0) is 37.3. The summed E-state index contributed by atoms with van der Waals surface area (Å²) in [6.07, 6.45) is 0. The Hall–Kier alpha value is -6.82. The molecule has 0 spiro atoms. The molecule has 5 aromatic rings. The molecule has 2 aromatic heterocycles. The number of H-pyrrole nitrogens is 2. The number of anilines is 3. The molecule has 264 valence electrons. The molecule has 0 saturated carbocycles. The number of benzene rings is 3. The SMILES string of the molecule is COc1ccc(NC(=O)C(=C2C(=O)Nc3ccccc32)c2[nH]c(C)cc2C)cc1OC.Cc1cc(C)c(C(C(=O)O)=C2C(=O)Nc3ccccc32)[nH]1. The van der Waals surface area contributed by atoms with Crippen molar-refractivity contribution in [3.8, 4) is 11.5 Å². The highest BCUT2D eigenvalue weighted by Gasteiger charge is 2.33. The molecule has 3 amide bonds. The van der Waals surface area contributed by atoms with Crippen LogP contribution in [0.5, 0.6) is 11.5 Å². The number of carboxylic acids is 1. The average molecular weight is 700 g/mol. The van der Waals surface area contributed by atoms with E-state index in [1.54, 1.807) is 49.6 Å². The quantitative estimate of drug-likeness (QED) is 0.102. The molecule has 0 saturated heterocycles. The van der Waals surface area contributed by atoms with Crippen molar-refractivity contribution in [1.29, 1.82) is 0 Å². The third kappa shape index (κ3) is 6.56. The summed E-state index contributed by atoms with van der Waals surface area (Å²) in [6.45, 7) is 7.49. The van der Waals surface area contributed by atoms with Crippen molar-refractivity contribution < 1.29 is 33.8 Å². The van der Waals surface area contributed by atoms with Crippen molar-refractivity contribution in [2.75, 3.05) is 30.2 Å². The molecule has 0 unspecified atom stereocenters. The molecule has 0 fully saturated rings. The van der Waals surface area contributed by atoms with E-state index in [1.807, 2.05) is 64.1 Å². The van der Waals surface area contributed by atoms with Gasteiger partial charge in [0.1, 0.15) is 0 Å². The van der Waals surface area contributed by atoms with Gasteiger partial charge in [-0.15, -0.1) is 0 Å². The first-order valence-electron chi connectivity index (χ1n) is 16.3. The van der Waals surface area contributed by atoms with Crippen LogP contribution in [0.3, 0.4) is 0 Å². The van der Waals surface area contributed by atoms with Gasteiger partial charge in [-0.1, -0.05) is 36.4 Å². The number of nitrogens with one attached hydrogen (secondary N) is 5. The van der Waals surface area contributed by atoms with Gasteiger partial charge in [-0.2, -0.15) is 0 Å². The highest BCUT2D eigenvalue weighted by atomic mass is 16.5. The van der Waals surface area contributed by atoms with E-state index < -0.39 is 11.9 Å². The van der Waals surface area contributed by atoms with Crippen LogP contribution in [-0.2, 0) is 19.2 Å². The number of aromatic nitrogens is 2. The minimum Gasteiger partial charge on any atom is -0.493 e. The number of hydrogen-bond donors (Lipinski definition) is 6. The summed E-state index contributed by atoms with van der Waals surface area (Å²) in [5, 5.41) is 18.1. The van der Waals surface area contributed by atoms with Crippen LogP contribution in [0.25, 0.3) is 22.3 Å². The van der Waals surface area contributed by atoms with Crippen molar-refractivity contribution in [3.63, 3.8) is 0 Å². The molecular formula is C40H37N5O7. The van der Waals surface area contributed by atoms with E-state index >= 15 is 0 Å². The topological polar surface area (TPSA) is 175 Å². The number of aromatic amines is 2. The number of rotatable bonds is 7. The van der Waals surface area contributed by atoms with Gasteiger partial charge in [0.25, 0.3) is 17.7 Å². The Morgan fingerprint density at radius 2 is 1.12 bits per heavy atom. The maximum Gasteiger partial charge on any atom is 0.338 e. The average Bonchev–Trinajstić information content (AvgIpc) is 3.83. The minimum absolute atomic E-state index is 0.00282. The molecule has 0 radical (unpaired) electrons. The van der Waals surface area contributed by atoms with Crippen molar-refractivity contribution in [1.82, 2.24) is 9.97 Å². The van der Waals surface area contributed by atoms with Gasteiger partial charge in [0.05, 0.1) is 47.9 Å². The highest BCUT2D eigenvalue weighted by Crippen LogP contribution is 2.39. The molecule has 12 heteroatoms. The number of para-hydroxylation sites is 2. The number of hydrogen-bond acceptors (Lipinski definition) is 6. The zero-order valence-electron chi connectivity index (χ0n) is 29.4. The second-order valence-electron chi connectivity index (χ2n) is 12.3. The zero-order valence-corrected chi connectivity index (χ0v) is 29.4. The van der Waals surface area contributed by atoms with Crippen LogP contribution in [0.4, 0.5) is 17.1 Å². The summed E-state index contributed by atoms with van der Waals surface area (Å²) in [5.74, 6) is -1.18. The van der Waals surface area contributed by atoms with Crippen molar-refractivity contribution in [3.05, 3.63) is 124 Å². The number of aliphatic carboxylic acids is 1. The van der Waals surface area contributed by atoms with Crippen LogP contribution < -0.4 is 25.4 Å². The Labute approximate surface area is 299 Å². The predicted molar refractivity (Wildman–Crippen MR) is 200 cm³/mol. The molecule has 6 N–H and O–H groups in total. The lowest BCUT2D eigenvalue weighted by atomic mass is 9.96. The number of carbonyl (C=O) groups is 4. The standard InChI is InChI=1S/C24H23N3O4.C16H14N2O3/c1-13-11-14(2)25-22(13)21(20-16-7-5-6-8-17(16)27-23(20)28)24(29)26-15-9-10-18(30-3)19(12-15)31-4;1-8-7-9(2)17-14(8)13(16(20)21)12-10-5-3-4-6-11(10)18-15(12)19/h5-12,25H,1-4H3,(H,26,29)(H,27,28);3-7,17H,1-2H3,(H,18,19)(H,20,21). The fourth-order valence-electron chi connectivity index (χ4n) is 6.51. The molecule has 0 atom stereocenters. The third-order valence-corrected chi connectivity index (χ3v) is 8.72. The molecule has 12 nitrogen and oxygen atoms in total. The van der Waals surface area contributed by atoms with Crippen LogP contribution in [0.15, 0.2) is 78.9 Å². The fraction of sp³-hybridized carbons (Fsp3) is 0.150. The number of amides is 3. The smallest absolute Gasteiger partial charge is 0.338 e. The van der Waals surface area contributed by atoms with Crippen LogP contribution in [0, 0.1) is 27.7 Å². The maximum atomic E-state index is 13.5. The Bertz CT molecular complexity index is 2340.